The van der Waals surface area contributed by atoms with Crippen molar-refractivity contribution < 1.29 is 4.79 Å². The first-order chi connectivity index (χ1) is 13.1. The lowest BCUT2D eigenvalue weighted by molar-refractivity contribution is 0.0941. The summed E-state index contributed by atoms with van der Waals surface area (Å²) in [6.07, 6.45) is 2.04. The predicted molar refractivity (Wildman–Crippen MR) is 119 cm³/mol. The smallest absolute Gasteiger partial charge is 0.176 e. The van der Waals surface area contributed by atoms with E-state index in [0.717, 1.165) is 31.5 Å². The summed E-state index contributed by atoms with van der Waals surface area (Å²) in [7, 11) is 0. The molecule has 0 amide bonds. The molecule has 1 unspecified atom stereocenters. The van der Waals surface area contributed by atoms with Gasteiger partial charge in [0.05, 0.1) is 16.6 Å². The molecule has 2 nitrogen and oxygen atoms in total. The van der Waals surface area contributed by atoms with Crippen molar-refractivity contribution in [3.05, 3.63) is 69.2 Å². The van der Waals surface area contributed by atoms with Gasteiger partial charge in [-0.2, -0.15) is 0 Å². The summed E-state index contributed by atoms with van der Waals surface area (Å²) in [5.74, 6) is 0.182. The molecule has 1 saturated heterocycles. The van der Waals surface area contributed by atoms with E-state index in [1.807, 2.05) is 24.3 Å². The van der Waals surface area contributed by atoms with Crippen molar-refractivity contribution in [2.75, 3.05) is 19.6 Å². The summed E-state index contributed by atoms with van der Waals surface area (Å²) in [6, 6.07) is 14.0. The summed E-state index contributed by atoms with van der Waals surface area (Å²) in [5.41, 5.74) is 3.38. The zero-order chi connectivity index (χ0) is 20.5. The van der Waals surface area contributed by atoms with Gasteiger partial charge in [-0.25, -0.2) is 0 Å². The summed E-state index contributed by atoms with van der Waals surface area (Å²) >= 11 is 12.4. The highest BCUT2D eigenvalue weighted by molar-refractivity contribution is 6.42. The molecule has 0 spiro atoms. The van der Waals surface area contributed by atoms with Gasteiger partial charge >= 0.3 is 0 Å². The zero-order valence-corrected chi connectivity index (χ0v) is 18.7. The van der Waals surface area contributed by atoms with E-state index >= 15 is 0 Å². The Morgan fingerprint density at radius 1 is 1.07 bits per heavy atom. The molecule has 28 heavy (non-hydrogen) atoms. The number of carbonyl (C=O) groups is 1. The molecule has 0 aliphatic carbocycles. The third-order valence-corrected chi connectivity index (χ3v) is 6.82. The number of Topliss-reactive ketones (excluding diaryl/α,β-unsaturated/α-hetero) is 1. The summed E-state index contributed by atoms with van der Waals surface area (Å²) in [6.45, 7) is 11.0. The summed E-state index contributed by atoms with van der Waals surface area (Å²) in [5, 5.41) is 1.18. The monoisotopic (exact) mass is 417 g/mol. The first-order valence-electron chi connectivity index (χ1n) is 9.96. The Morgan fingerprint density at radius 3 is 2.32 bits per heavy atom. The second-order valence-corrected chi connectivity index (χ2v) is 9.79. The second-order valence-electron chi connectivity index (χ2n) is 8.97. The first-order valence-corrected chi connectivity index (χ1v) is 10.7. The molecule has 0 radical (unpaired) electrons. The first kappa shape index (κ1) is 21.4. The van der Waals surface area contributed by atoms with Crippen molar-refractivity contribution in [3.8, 4) is 0 Å². The lowest BCUT2D eigenvalue weighted by atomic mass is 9.77. The van der Waals surface area contributed by atoms with Gasteiger partial charge in [0.15, 0.2) is 5.78 Å². The molecule has 1 aliphatic rings. The van der Waals surface area contributed by atoms with E-state index in [1.54, 1.807) is 0 Å². The van der Waals surface area contributed by atoms with Crippen LogP contribution in [-0.4, -0.2) is 30.3 Å². The van der Waals surface area contributed by atoms with E-state index in [4.69, 9.17) is 23.2 Å². The Bertz CT molecular complexity index is 854. The molecular weight excluding hydrogens is 389 g/mol. The van der Waals surface area contributed by atoms with Crippen molar-refractivity contribution in [3.63, 3.8) is 0 Å². The number of likely N-dealkylation sites (tertiary alicyclic amines) is 1. The minimum Gasteiger partial charge on any atom is -0.295 e. The molecule has 2 aromatic carbocycles. The van der Waals surface area contributed by atoms with E-state index in [2.05, 4.69) is 50.8 Å². The van der Waals surface area contributed by atoms with E-state index in [0.29, 0.717) is 16.6 Å². The molecule has 150 valence electrons. The highest BCUT2D eigenvalue weighted by Crippen LogP contribution is 2.39. The molecule has 4 heteroatoms. The van der Waals surface area contributed by atoms with Gasteiger partial charge in [-0.05, 0) is 48.1 Å². The maximum Gasteiger partial charge on any atom is 0.176 e. The Hall–Kier alpha value is -1.35. The standard InChI is InChI=1S/C24H29Cl2NO/c1-5-24(19-10-11-20(25)21(26)14-19)12-13-27(16-24)15-22(28)17-6-8-18(9-7-17)23(2,3)4/h6-11,14H,5,12-13,15-16H2,1-4H3. The van der Waals surface area contributed by atoms with Gasteiger partial charge in [-0.1, -0.05) is 81.2 Å². The topological polar surface area (TPSA) is 20.3 Å². The minimum atomic E-state index is 0.0323. The lowest BCUT2D eigenvalue weighted by Crippen LogP contribution is -2.33. The lowest BCUT2D eigenvalue weighted by Gasteiger charge is -2.29. The third kappa shape index (κ3) is 4.45. The van der Waals surface area contributed by atoms with E-state index < -0.39 is 0 Å². The number of ketones is 1. The van der Waals surface area contributed by atoms with Crippen molar-refractivity contribution >= 4 is 29.0 Å². The highest BCUT2D eigenvalue weighted by atomic mass is 35.5. The van der Waals surface area contributed by atoms with Crippen LogP contribution in [-0.2, 0) is 10.8 Å². The molecule has 1 atom stereocenters. The van der Waals surface area contributed by atoms with Gasteiger partial charge in [0.2, 0.25) is 0 Å². The van der Waals surface area contributed by atoms with Gasteiger partial charge in [0.1, 0.15) is 0 Å². The van der Waals surface area contributed by atoms with Crippen molar-refractivity contribution in [1.29, 1.82) is 0 Å². The maximum atomic E-state index is 12.8. The minimum absolute atomic E-state index is 0.0323. The molecule has 1 heterocycles. The second kappa shape index (κ2) is 8.18. The number of benzene rings is 2. The van der Waals surface area contributed by atoms with Crippen LogP contribution in [0, 0.1) is 0 Å². The van der Waals surface area contributed by atoms with Gasteiger partial charge in [-0.3, -0.25) is 9.69 Å². The van der Waals surface area contributed by atoms with Gasteiger partial charge < -0.3 is 0 Å². The summed E-state index contributed by atoms with van der Waals surface area (Å²) < 4.78 is 0. The fourth-order valence-electron chi connectivity index (χ4n) is 4.10. The summed E-state index contributed by atoms with van der Waals surface area (Å²) in [4.78, 5) is 15.1. The zero-order valence-electron chi connectivity index (χ0n) is 17.2. The number of carbonyl (C=O) groups excluding carboxylic acids is 1. The number of hydrogen-bond acceptors (Lipinski definition) is 2. The van der Waals surface area contributed by atoms with E-state index in [1.165, 1.54) is 11.1 Å². The fraction of sp³-hybridized carbons (Fsp3) is 0.458. The fourth-order valence-corrected chi connectivity index (χ4v) is 4.40. The largest absolute Gasteiger partial charge is 0.295 e. The molecule has 0 bridgehead atoms. The number of hydrogen-bond donors (Lipinski definition) is 0. The van der Waals surface area contributed by atoms with Gasteiger partial charge in [-0.15, -0.1) is 0 Å². The average molecular weight is 418 g/mol. The number of nitrogens with zero attached hydrogens (tertiary/aromatic N) is 1. The highest BCUT2D eigenvalue weighted by Gasteiger charge is 2.38. The van der Waals surface area contributed by atoms with Crippen LogP contribution in [0.3, 0.4) is 0 Å². The van der Waals surface area contributed by atoms with Crippen molar-refractivity contribution in [1.82, 2.24) is 4.90 Å². The third-order valence-electron chi connectivity index (χ3n) is 6.08. The number of rotatable bonds is 5. The van der Waals surface area contributed by atoms with Gasteiger partial charge in [0.25, 0.3) is 0 Å². The van der Waals surface area contributed by atoms with Gasteiger partial charge in [0, 0.05) is 17.5 Å². The molecule has 1 aliphatic heterocycles. The molecule has 1 fully saturated rings. The van der Waals surface area contributed by atoms with Crippen LogP contribution < -0.4 is 0 Å². The van der Waals surface area contributed by atoms with Crippen LogP contribution in [0.2, 0.25) is 10.0 Å². The van der Waals surface area contributed by atoms with Crippen LogP contribution in [0.5, 0.6) is 0 Å². The normalized spacial score (nSPS) is 20.5. The van der Waals surface area contributed by atoms with Crippen molar-refractivity contribution in [2.45, 2.75) is 51.4 Å². The van der Waals surface area contributed by atoms with Crippen LogP contribution in [0.15, 0.2) is 42.5 Å². The molecule has 0 saturated carbocycles. The quantitative estimate of drug-likeness (QED) is 0.515. The SMILES string of the molecule is CCC1(c2ccc(Cl)c(Cl)c2)CCN(CC(=O)c2ccc(C(C)(C)C)cc2)C1. The van der Waals surface area contributed by atoms with E-state index in [9.17, 15) is 4.79 Å². The van der Waals surface area contributed by atoms with Crippen LogP contribution in [0.1, 0.15) is 62.0 Å². The Balaban J connectivity index is 1.70. The molecule has 3 rings (SSSR count). The molecule has 0 aromatic heterocycles. The van der Waals surface area contributed by atoms with Crippen LogP contribution in [0.25, 0.3) is 0 Å². The Kier molecular flexibility index (Phi) is 6.24. The Labute approximate surface area is 178 Å². The van der Waals surface area contributed by atoms with Crippen LogP contribution >= 0.6 is 23.2 Å². The van der Waals surface area contributed by atoms with E-state index in [-0.39, 0.29) is 16.6 Å². The molecule has 2 aromatic rings. The predicted octanol–water partition coefficient (Wildman–Crippen LogP) is 6.53. The average Bonchev–Trinajstić information content (AvgIpc) is 3.07. The van der Waals surface area contributed by atoms with Crippen LogP contribution in [0.4, 0.5) is 0 Å². The van der Waals surface area contributed by atoms with Crippen molar-refractivity contribution in [2.24, 2.45) is 0 Å². The maximum absolute atomic E-state index is 12.8. The number of halogens is 2. The molecular formula is C24H29Cl2NO. The molecule has 0 N–H and O–H groups in total. The Morgan fingerprint density at radius 2 is 1.75 bits per heavy atom.